The molecule has 1 amide bonds. The lowest BCUT2D eigenvalue weighted by molar-refractivity contribution is -0.125. The fraction of sp³-hybridized carbons (Fsp3) is 0.562. The number of rotatable bonds is 4. The van der Waals surface area contributed by atoms with Crippen LogP contribution < -0.4 is 15.5 Å². The van der Waals surface area contributed by atoms with Crippen LogP contribution in [0.5, 0.6) is 0 Å². The number of hydrogen-bond acceptors (Lipinski definition) is 5. The molecule has 0 radical (unpaired) electrons. The molecule has 1 fully saturated rings. The summed E-state index contributed by atoms with van der Waals surface area (Å²) in [5.41, 5.74) is 3.18. The second-order valence-electron chi connectivity index (χ2n) is 6.29. The van der Waals surface area contributed by atoms with Gasteiger partial charge in [0, 0.05) is 44.2 Å². The van der Waals surface area contributed by atoms with Crippen LogP contribution in [0.25, 0.3) is 5.65 Å². The Bertz CT molecular complexity index is 754. The molecule has 0 unspecified atom stereocenters. The maximum absolute atomic E-state index is 12.2. The normalized spacial score (nSPS) is 18.1. The van der Waals surface area contributed by atoms with Crippen LogP contribution in [0.1, 0.15) is 11.3 Å². The summed E-state index contributed by atoms with van der Waals surface area (Å²) in [4.78, 5) is 18.9. The second kappa shape index (κ2) is 6.35. The number of alkyl halides is 1. The Morgan fingerprint density at radius 2 is 2.21 bits per heavy atom. The van der Waals surface area contributed by atoms with Crippen LogP contribution in [-0.4, -0.2) is 59.9 Å². The zero-order chi connectivity index (χ0) is 16.5. The first kappa shape index (κ1) is 15.3. The van der Waals surface area contributed by atoms with Crippen molar-refractivity contribution in [1.82, 2.24) is 25.2 Å². The number of nitrogens with zero attached hydrogens (tertiary/aromatic N) is 4. The Kier molecular flexibility index (Phi) is 4.05. The van der Waals surface area contributed by atoms with E-state index in [0.717, 1.165) is 43.1 Å². The van der Waals surface area contributed by atoms with E-state index in [4.69, 9.17) is 4.98 Å². The Hall–Kier alpha value is -2.22. The lowest BCUT2D eigenvalue weighted by Gasteiger charge is -2.40. The van der Waals surface area contributed by atoms with Gasteiger partial charge in [0.05, 0.1) is 17.8 Å². The Morgan fingerprint density at radius 1 is 1.38 bits per heavy atom. The van der Waals surface area contributed by atoms with Crippen molar-refractivity contribution in [3.8, 4) is 0 Å². The van der Waals surface area contributed by atoms with Crippen LogP contribution >= 0.6 is 0 Å². The highest BCUT2D eigenvalue weighted by Crippen LogP contribution is 2.31. The third kappa shape index (κ3) is 2.60. The van der Waals surface area contributed by atoms with E-state index in [0.29, 0.717) is 13.1 Å². The molecule has 8 heteroatoms. The van der Waals surface area contributed by atoms with Crippen LogP contribution in [-0.2, 0) is 17.6 Å². The molecule has 2 N–H and O–H groups in total. The highest BCUT2D eigenvalue weighted by atomic mass is 19.1. The van der Waals surface area contributed by atoms with Gasteiger partial charge < -0.3 is 15.5 Å². The number of amides is 1. The molecule has 0 bridgehead atoms. The Labute approximate surface area is 139 Å². The third-order valence-electron chi connectivity index (χ3n) is 4.73. The number of halogens is 1. The molecule has 0 spiro atoms. The summed E-state index contributed by atoms with van der Waals surface area (Å²) in [5.74, 6) is 0.899. The zero-order valence-electron chi connectivity index (χ0n) is 13.5. The quantitative estimate of drug-likeness (QED) is 0.820. The van der Waals surface area contributed by atoms with E-state index in [1.165, 1.54) is 5.56 Å². The summed E-state index contributed by atoms with van der Waals surface area (Å²) in [6, 6.07) is 1.91. The van der Waals surface area contributed by atoms with Gasteiger partial charge in [-0.05, 0) is 13.0 Å². The largest absolute Gasteiger partial charge is 0.354 e. The lowest BCUT2D eigenvalue weighted by atomic mass is 9.97. The third-order valence-corrected chi connectivity index (χ3v) is 4.73. The van der Waals surface area contributed by atoms with Gasteiger partial charge in [-0.3, -0.25) is 4.79 Å². The van der Waals surface area contributed by atoms with E-state index >= 15 is 0 Å². The lowest BCUT2D eigenvalue weighted by Crippen LogP contribution is -2.55. The fourth-order valence-electron chi connectivity index (χ4n) is 3.47. The first-order valence-corrected chi connectivity index (χ1v) is 8.43. The number of carbonyl (C=O) groups excluding carboxylic acids is 1. The van der Waals surface area contributed by atoms with Crippen LogP contribution in [0.3, 0.4) is 0 Å². The topological polar surface area (TPSA) is 74.6 Å². The van der Waals surface area contributed by atoms with Gasteiger partial charge >= 0.3 is 0 Å². The summed E-state index contributed by atoms with van der Waals surface area (Å²) in [5, 5.41) is 10.5. The van der Waals surface area contributed by atoms with E-state index in [1.54, 1.807) is 6.20 Å². The molecule has 2 aromatic heterocycles. The van der Waals surface area contributed by atoms with Crippen molar-refractivity contribution in [2.75, 3.05) is 44.3 Å². The SMILES string of the molecule is O=C(NCCF)C1CN(c2c3c(nc4ccnn24)CCNCC3)C1. The van der Waals surface area contributed by atoms with Gasteiger partial charge in [0.1, 0.15) is 12.5 Å². The van der Waals surface area contributed by atoms with Crippen LogP contribution in [0.2, 0.25) is 0 Å². The van der Waals surface area contributed by atoms with Gasteiger partial charge in [0.25, 0.3) is 0 Å². The predicted molar refractivity (Wildman–Crippen MR) is 88.0 cm³/mol. The summed E-state index contributed by atoms with van der Waals surface area (Å²) in [6.45, 7) is 2.69. The molecule has 0 saturated carbocycles. The monoisotopic (exact) mass is 332 g/mol. The van der Waals surface area contributed by atoms with Crippen molar-refractivity contribution in [2.45, 2.75) is 12.8 Å². The van der Waals surface area contributed by atoms with Crippen molar-refractivity contribution < 1.29 is 9.18 Å². The highest BCUT2D eigenvalue weighted by molar-refractivity contribution is 5.82. The Balaban J connectivity index is 1.61. The minimum absolute atomic E-state index is 0.0672. The van der Waals surface area contributed by atoms with Gasteiger partial charge in [-0.1, -0.05) is 0 Å². The van der Waals surface area contributed by atoms with E-state index < -0.39 is 6.67 Å². The van der Waals surface area contributed by atoms with Crippen LogP contribution in [0, 0.1) is 5.92 Å². The fourth-order valence-corrected chi connectivity index (χ4v) is 3.47. The molecular formula is C16H21FN6O. The molecule has 7 nitrogen and oxygen atoms in total. The number of fused-ring (bicyclic) bond motifs is 2. The minimum Gasteiger partial charge on any atom is -0.354 e. The molecule has 0 aromatic carbocycles. The summed E-state index contributed by atoms with van der Waals surface area (Å²) >= 11 is 0. The summed E-state index contributed by atoms with van der Waals surface area (Å²) in [6.07, 6.45) is 3.57. The number of carbonyl (C=O) groups is 1. The average molecular weight is 332 g/mol. The molecule has 0 atom stereocenters. The molecule has 1 saturated heterocycles. The van der Waals surface area contributed by atoms with Gasteiger partial charge in [0.15, 0.2) is 5.65 Å². The second-order valence-corrected chi connectivity index (χ2v) is 6.29. The van der Waals surface area contributed by atoms with E-state index in [2.05, 4.69) is 20.6 Å². The van der Waals surface area contributed by atoms with Gasteiger partial charge in [-0.2, -0.15) is 9.61 Å². The molecular weight excluding hydrogens is 311 g/mol. The van der Waals surface area contributed by atoms with Crippen LogP contribution in [0.15, 0.2) is 12.3 Å². The zero-order valence-corrected chi connectivity index (χ0v) is 13.5. The van der Waals surface area contributed by atoms with Crippen molar-refractivity contribution >= 4 is 17.4 Å². The summed E-state index contributed by atoms with van der Waals surface area (Å²) in [7, 11) is 0. The number of aromatic nitrogens is 3. The van der Waals surface area contributed by atoms with Gasteiger partial charge in [-0.25, -0.2) is 9.37 Å². The van der Waals surface area contributed by atoms with Gasteiger partial charge in [-0.15, -0.1) is 0 Å². The first-order chi connectivity index (χ1) is 11.8. The number of anilines is 1. The first-order valence-electron chi connectivity index (χ1n) is 8.43. The summed E-state index contributed by atoms with van der Waals surface area (Å²) < 4.78 is 14.1. The van der Waals surface area contributed by atoms with E-state index in [1.807, 2.05) is 10.6 Å². The Morgan fingerprint density at radius 3 is 3.04 bits per heavy atom. The van der Waals surface area contributed by atoms with Crippen molar-refractivity contribution in [2.24, 2.45) is 5.92 Å². The van der Waals surface area contributed by atoms with E-state index in [-0.39, 0.29) is 18.4 Å². The van der Waals surface area contributed by atoms with E-state index in [9.17, 15) is 9.18 Å². The highest BCUT2D eigenvalue weighted by Gasteiger charge is 2.36. The standard InChI is InChI=1S/C16H21FN6O/c17-4-8-19-15(24)11-9-22(10-11)16-12-1-5-18-6-2-13(12)21-14-3-7-20-23(14)16/h3,7,11,18H,1-2,4-6,8-10H2,(H,19,24). The van der Waals surface area contributed by atoms with Crippen molar-refractivity contribution in [3.05, 3.63) is 23.5 Å². The number of nitrogens with one attached hydrogen (secondary N) is 2. The molecule has 128 valence electrons. The van der Waals surface area contributed by atoms with Crippen molar-refractivity contribution in [3.63, 3.8) is 0 Å². The predicted octanol–water partition coefficient (Wildman–Crippen LogP) is -0.0606. The molecule has 4 heterocycles. The molecule has 24 heavy (non-hydrogen) atoms. The molecule has 2 aliphatic rings. The van der Waals surface area contributed by atoms with Crippen molar-refractivity contribution in [1.29, 1.82) is 0 Å². The van der Waals surface area contributed by atoms with Gasteiger partial charge in [0.2, 0.25) is 5.91 Å². The maximum atomic E-state index is 12.2. The molecule has 4 rings (SSSR count). The van der Waals surface area contributed by atoms with Crippen LogP contribution in [0.4, 0.5) is 10.2 Å². The smallest absolute Gasteiger partial charge is 0.226 e. The average Bonchev–Trinajstić information content (AvgIpc) is 2.87. The maximum Gasteiger partial charge on any atom is 0.226 e. The number of hydrogen-bond donors (Lipinski definition) is 2. The minimum atomic E-state index is -0.527. The molecule has 2 aliphatic heterocycles. The molecule has 0 aliphatic carbocycles. The molecule has 2 aromatic rings.